The maximum Gasteiger partial charge on any atom is 0.250 e. The van der Waals surface area contributed by atoms with Gasteiger partial charge in [0.25, 0.3) is 5.56 Å². The lowest BCUT2D eigenvalue weighted by Gasteiger charge is -2.37. The topological polar surface area (TPSA) is 109 Å². The molecule has 5 rings (SSSR count). The molecule has 3 aliphatic heterocycles. The second-order valence-corrected chi connectivity index (χ2v) is 10.6. The number of nitrogens with zero attached hydrogens (tertiary/aromatic N) is 3. The van der Waals surface area contributed by atoms with Crippen molar-refractivity contribution in [3.8, 4) is 0 Å². The summed E-state index contributed by atoms with van der Waals surface area (Å²) in [5, 5.41) is 10.4. The Hall–Kier alpha value is -2.53. The Morgan fingerprint density at radius 3 is 2.55 bits per heavy atom. The summed E-state index contributed by atoms with van der Waals surface area (Å²) < 4.78 is 36.3. The smallest absolute Gasteiger partial charge is 0.250 e. The molecule has 1 N–H and O–H groups in total. The fraction of sp³-hybridized carbons (Fsp3) is 0.478. The molecule has 0 spiro atoms. The van der Waals surface area contributed by atoms with Gasteiger partial charge in [0.15, 0.2) is 0 Å². The number of rotatable bonds is 4. The van der Waals surface area contributed by atoms with Crippen LogP contribution in [-0.4, -0.2) is 72.2 Å². The van der Waals surface area contributed by atoms with Gasteiger partial charge in [0.2, 0.25) is 15.9 Å². The second-order valence-electron chi connectivity index (χ2n) is 8.82. The molecule has 3 aliphatic rings. The summed E-state index contributed by atoms with van der Waals surface area (Å²) in [5.74, 6) is -1.64. The third-order valence-electron chi connectivity index (χ3n) is 7.12. The van der Waals surface area contributed by atoms with E-state index in [1.807, 2.05) is 0 Å². The van der Waals surface area contributed by atoms with E-state index in [-0.39, 0.29) is 29.5 Å². The number of aromatic nitrogens is 1. The molecule has 1 aromatic heterocycles. The molecule has 0 aliphatic carbocycles. The van der Waals surface area contributed by atoms with Gasteiger partial charge >= 0.3 is 0 Å². The van der Waals surface area contributed by atoms with Crippen LogP contribution >= 0.6 is 0 Å². The maximum absolute atomic E-state index is 14.0. The number of aliphatic hydroxyl groups is 1. The van der Waals surface area contributed by atoms with Crippen LogP contribution in [0.15, 0.2) is 52.2 Å². The summed E-state index contributed by atoms with van der Waals surface area (Å²) in [7, 11) is -4.01. The fourth-order valence-electron chi connectivity index (χ4n) is 5.57. The average molecular weight is 474 g/mol. The SMILES string of the molecule is Cc1ccccc1S(=O)(=O)N1[C@@H]2Cn3c(cccc3=O)[C@H]1[C@@H](C(=O)N1CCOCC1)[C@@H]2CO. The molecule has 2 aromatic rings. The summed E-state index contributed by atoms with van der Waals surface area (Å²) in [6, 6.07) is 9.88. The van der Waals surface area contributed by atoms with Crippen LogP contribution in [0, 0.1) is 18.8 Å². The molecule has 33 heavy (non-hydrogen) atoms. The predicted molar refractivity (Wildman–Crippen MR) is 119 cm³/mol. The Morgan fingerprint density at radius 1 is 1.12 bits per heavy atom. The van der Waals surface area contributed by atoms with Gasteiger partial charge in [0, 0.05) is 50.0 Å². The van der Waals surface area contributed by atoms with E-state index in [2.05, 4.69) is 0 Å². The lowest BCUT2D eigenvalue weighted by Crippen LogP contribution is -2.49. The van der Waals surface area contributed by atoms with Gasteiger partial charge in [-0.1, -0.05) is 24.3 Å². The number of hydrogen-bond acceptors (Lipinski definition) is 6. The number of aliphatic hydroxyl groups excluding tert-OH is 1. The van der Waals surface area contributed by atoms with Crippen molar-refractivity contribution in [2.45, 2.75) is 30.4 Å². The summed E-state index contributed by atoms with van der Waals surface area (Å²) in [5.41, 5.74) is 0.842. The summed E-state index contributed by atoms with van der Waals surface area (Å²) in [4.78, 5) is 28.2. The van der Waals surface area contributed by atoms with E-state index in [9.17, 15) is 23.1 Å². The molecule has 4 heterocycles. The zero-order valence-corrected chi connectivity index (χ0v) is 19.1. The quantitative estimate of drug-likeness (QED) is 0.687. The van der Waals surface area contributed by atoms with Crippen LogP contribution in [0.3, 0.4) is 0 Å². The molecule has 2 bridgehead atoms. The minimum atomic E-state index is -4.01. The number of carbonyl (C=O) groups is 1. The molecule has 0 unspecified atom stereocenters. The van der Waals surface area contributed by atoms with Crippen molar-refractivity contribution < 1.29 is 23.1 Å². The molecule has 1 amide bonds. The second kappa shape index (κ2) is 8.35. The van der Waals surface area contributed by atoms with E-state index in [1.54, 1.807) is 52.8 Å². The van der Waals surface area contributed by atoms with Gasteiger partial charge in [0.05, 0.1) is 30.1 Å². The number of fused-ring (bicyclic) bond motifs is 4. The molecular formula is C23H27N3O6S. The molecule has 4 atom stereocenters. The van der Waals surface area contributed by atoms with Crippen LogP contribution in [0.25, 0.3) is 0 Å². The van der Waals surface area contributed by atoms with Crippen molar-refractivity contribution in [1.29, 1.82) is 0 Å². The van der Waals surface area contributed by atoms with Crippen LogP contribution in [0.1, 0.15) is 17.3 Å². The molecule has 0 saturated carbocycles. The van der Waals surface area contributed by atoms with Crippen molar-refractivity contribution in [2.24, 2.45) is 11.8 Å². The summed E-state index contributed by atoms with van der Waals surface area (Å²) in [6.07, 6.45) is 0. The van der Waals surface area contributed by atoms with E-state index in [4.69, 9.17) is 4.74 Å². The van der Waals surface area contributed by atoms with Crippen LogP contribution in [0.4, 0.5) is 0 Å². The Balaban J connectivity index is 1.68. The highest BCUT2D eigenvalue weighted by Gasteiger charge is 2.60. The van der Waals surface area contributed by atoms with Gasteiger partial charge < -0.3 is 19.3 Å². The molecule has 2 fully saturated rings. The van der Waals surface area contributed by atoms with Crippen LogP contribution in [0.2, 0.25) is 0 Å². The molecule has 9 nitrogen and oxygen atoms in total. The Kier molecular flexibility index (Phi) is 5.64. The lowest BCUT2D eigenvalue weighted by molar-refractivity contribution is -0.142. The molecule has 0 radical (unpaired) electrons. The lowest BCUT2D eigenvalue weighted by atomic mass is 9.86. The van der Waals surface area contributed by atoms with Crippen molar-refractivity contribution in [2.75, 3.05) is 32.9 Å². The van der Waals surface area contributed by atoms with E-state index >= 15 is 0 Å². The van der Waals surface area contributed by atoms with E-state index in [0.717, 1.165) is 0 Å². The van der Waals surface area contributed by atoms with Crippen molar-refractivity contribution in [1.82, 2.24) is 13.8 Å². The Bertz CT molecular complexity index is 1240. The van der Waals surface area contributed by atoms with Gasteiger partial charge in [-0.2, -0.15) is 4.31 Å². The minimum Gasteiger partial charge on any atom is -0.396 e. The first-order chi connectivity index (χ1) is 15.9. The molecule has 176 valence electrons. The number of pyridine rings is 1. The molecule has 2 saturated heterocycles. The number of morpholine rings is 1. The van der Waals surface area contributed by atoms with Crippen LogP contribution in [-0.2, 0) is 26.1 Å². The average Bonchev–Trinajstić information content (AvgIpc) is 3.07. The van der Waals surface area contributed by atoms with E-state index < -0.39 is 33.9 Å². The first-order valence-corrected chi connectivity index (χ1v) is 12.6. The number of carbonyl (C=O) groups excluding carboxylic acids is 1. The zero-order chi connectivity index (χ0) is 23.3. The number of ether oxygens (including phenoxy) is 1. The number of aryl methyl sites for hydroxylation is 1. The largest absolute Gasteiger partial charge is 0.396 e. The Labute approximate surface area is 192 Å². The highest BCUT2D eigenvalue weighted by Crippen LogP contribution is 2.51. The third kappa shape index (κ3) is 3.43. The van der Waals surface area contributed by atoms with Crippen molar-refractivity contribution in [3.05, 3.63) is 64.1 Å². The predicted octanol–water partition coefficient (Wildman–Crippen LogP) is 0.368. The zero-order valence-electron chi connectivity index (χ0n) is 18.3. The highest BCUT2D eigenvalue weighted by atomic mass is 32.2. The van der Waals surface area contributed by atoms with Gasteiger partial charge in [-0.15, -0.1) is 0 Å². The maximum atomic E-state index is 14.0. The Morgan fingerprint density at radius 2 is 1.85 bits per heavy atom. The first-order valence-electron chi connectivity index (χ1n) is 11.1. The van der Waals surface area contributed by atoms with Gasteiger partial charge in [-0.05, 0) is 24.6 Å². The van der Waals surface area contributed by atoms with Crippen LogP contribution in [0.5, 0.6) is 0 Å². The highest BCUT2D eigenvalue weighted by molar-refractivity contribution is 7.89. The van der Waals surface area contributed by atoms with Gasteiger partial charge in [-0.25, -0.2) is 8.42 Å². The minimum absolute atomic E-state index is 0.0920. The van der Waals surface area contributed by atoms with Gasteiger partial charge in [0.1, 0.15) is 0 Å². The number of sulfonamides is 1. The summed E-state index contributed by atoms with van der Waals surface area (Å²) >= 11 is 0. The van der Waals surface area contributed by atoms with E-state index in [1.165, 1.54) is 10.4 Å². The molecular weight excluding hydrogens is 446 g/mol. The molecule has 10 heteroatoms. The van der Waals surface area contributed by atoms with Gasteiger partial charge in [-0.3, -0.25) is 9.59 Å². The van der Waals surface area contributed by atoms with Crippen LogP contribution < -0.4 is 5.56 Å². The van der Waals surface area contributed by atoms with Crippen molar-refractivity contribution >= 4 is 15.9 Å². The monoisotopic (exact) mass is 473 g/mol. The van der Waals surface area contributed by atoms with E-state index in [0.29, 0.717) is 37.6 Å². The number of hydrogen-bond donors (Lipinski definition) is 1. The number of amides is 1. The third-order valence-corrected chi connectivity index (χ3v) is 9.19. The fourth-order valence-corrected chi connectivity index (χ4v) is 7.64. The summed E-state index contributed by atoms with van der Waals surface area (Å²) in [6.45, 7) is 3.12. The van der Waals surface area contributed by atoms with Crippen molar-refractivity contribution in [3.63, 3.8) is 0 Å². The standard InChI is InChI=1S/C23H27N3O6S/c1-15-5-2-3-7-19(15)33(30,31)26-18-13-25-17(6-4-8-20(25)28)22(26)21(16(18)14-27)23(29)24-9-11-32-12-10-24/h2-8,16,18,21-22,27H,9-14H2,1H3/t16-,18-,21+,22+/m1/s1. The molecule has 1 aromatic carbocycles. The normalized spacial score (nSPS) is 27.4. The number of benzene rings is 1. The first kappa shape index (κ1) is 22.3.